The number of nitrogens with zero attached hydrogens (tertiary/aromatic N) is 1. The van der Waals surface area contributed by atoms with E-state index in [0.717, 1.165) is 31.6 Å². The summed E-state index contributed by atoms with van der Waals surface area (Å²) in [4.78, 5) is 15.3. The number of benzene rings is 1. The standard InChI is InChI=1S/C18H25NO/c1-3-12-18(2,15-19-13-8-5-9-14-19)17(20)16-10-6-4-7-11-16/h3-4,6-7,10-11H,1,5,8-9,12-15H2,2H3. The summed E-state index contributed by atoms with van der Waals surface area (Å²) >= 11 is 0. The van der Waals surface area contributed by atoms with E-state index in [9.17, 15) is 4.79 Å². The highest BCUT2D eigenvalue weighted by molar-refractivity contribution is 6.00. The summed E-state index contributed by atoms with van der Waals surface area (Å²) in [5.74, 6) is 0.239. The van der Waals surface area contributed by atoms with Crippen LogP contribution in [0.5, 0.6) is 0 Å². The first-order valence-electron chi connectivity index (χ1n) is 7.59. The molecule has 2 heteroatoms. The molecule has 1 aromatic carbocycles. The highest BCUT2D eigenvalue weighted by Crippen LogP contribution is 2.29. The Morgan fingerprint density at radius 3 is 2.50 bits per heavy atom. The molecule has 1 atom stereocenters. The van der Waals surface area contributed by atoms with Gasteiger partial charge in [0.05, 0.1) is 0 Å². The van der Waals surface area contributed by atoms with Crippen molar-refractivity contribution < 1.29 is 4.79 Å². The van der Waals surface area contributed by atoms with Gasteiger partial charge in [-0.2, -0.15) is 0 Å². The van der Waals surface area contributed by atoms with E-state index in [4.69, 9.17) is 0 Å². The average molecular weight is 271 g/mol. The fourth-order valence-electron chi connectivity index (χ4n) is 3.10. The molecular formula is C18H25NO. The molecule has 1 aromatic rings. The van der Waals surface area contributed by atoms with Crippen LogP contribution in [0.3, 0.4) is 0 Å². The van der Waals surface area contributed by atoms with Crippen molar-refractivity contribution in [3.05, 3.63) is 48.6 Å². The molecule has 0 aromatic heterocycles. The van der Waals surface area contributed by atoms with Crippen molar-refractivity contribution in [3.63, 3.8) is 0 Å². The molecule has 20 heavy (non-hydrogen) atoms. The van der Waals surface area contributed by atoms with E-state index in [1.54, 1.807) is 0 Å². The van der Waals surface area contributed by atoms with Crippen molar-refractivity contribution in [1.29, 1.82) is 0 Å². The highest BCUT2D eigenvalue weighted by Gasteiger charge is 2.34. The summed E-state index contributed by atoms with van der Waals surface area (Å²) in [6.45, 7) is 9.01. The maximum atomic E-state index is 12.9. The van der Waals surface area contributed by atoms with Gasteiger partial charge in [0, 0.05) is 17.5 Å². The number of piperidine rings is 1. The zero-order valence-electron chi connectivity index (χ0n) is 12.5. The van der Waals surface area contributed by atoms with Crippen LogP contribution in [-0.4, -0.2) is 30.3 Å². The van der Waals surface area contributed by atoms with Gasteiger partial charge in [-0.25, -0.2) is 0 Å². The second kappa shape index (κ2) is 6.85. The van der Waals surface area contributed by atoms with Gasteiger partial charge in [-0.3, -0.25) is 4.79 Å². The monoisotopic (exact) mass is 271 g/mol. The molecule has 1 unspecified atom stereocenters. The molecule has 0 spiro atoms. The lowest BCUT2D eigenvalue weighted by atomic mass is 9.78. The largest absolute Gasteiger partial charge is 0.302 e. The van der Waals surface area contributed by atoms with Crippen molar-refractivity contribution in [3.8, 4) is 0 Å². The smallest absolute Gasteiger partial charge is 0.170 e. The molecule has 0 saturated carbocycles. The summed E-state index contributed by atoms with van der Waals surface area (Å²) in [7, 11) is 0. The highest BCUT2D eigenvalue weighted by atomic mass is 16.1. The first-order chi connectivity index (χ1) is 9.65. The van der Waals surface area contributed by atoms with Crippen molar-refractivity contribution in [2.24, 2.45) is 5.41 Å². The molecule has 0 radical (unpaired) electrons. The summed E-state index contributed by atoms with van der Waals surface area (Å²) in [5.41, 5.74) is 0.453. The molecule has 1 heterocycles. The Morgan fingerprint density at radius 1 is 1.25 bits per heavy atom. The van der Waals surface area contributed by atoms with Crippen LogP contribution in [0.25, 0.3) is 0 Å². The summed E-state index contributed by atoms with van der Waals surface area (Å²) in [5, 5.41) is 0. The van der Waals surface area contributed by atoms with Gasteiger partial charge >= 0.3 is 0 Å². The van der Waals surface area contributed by atoms with Crippen LogP contribution in [0.1, 0.15) is 43.0 Å². The lowest BCUT2D eigenvalue weighted by Gasteiger charge is -2.36. The number of allylic oxidation sites excluding steroid dienone is 1. The van der Waals surface area contributed by atoms with Crippen LogP contribution < -0.4 is 0 Å². The van der Waals surface area contributed by atoms with Gasteiger partial charge in [0.1, 0.15) is 0 Å². The number of ketones is 1. The first kappa shape index (κ1) is 15.0. The normalized spacial score (nSPS) is 19.2. The quantitative estimate of drug-likeness (QED) is 0.577. The Morgan fingerprint density at radius 2 is 1.90 bits per heavy atom. The van der Waals surface area contributed by atoms with Crippen LogP contribution >= 0.6 is 0 Å². The lowest BCUT2D eigenvalue weighted by molar-refractivity contribution is 0.0713. The van der Waals surface area contributed by atoms with E-state index in [2.05, 4.69) is 18.4 Å². The SMILES string of the molecule is C=CCC(C)(CN1CCCCC1)C(=O)c1ccccc1. The third-order valence-corrected chi connectivity index (χ3v) is 4.20. The van der Waals surface area contributed by atoms with Crippen LogP contribution in [0, 0.1) is 5.41 Å². The Labute approximate surface area is 122 Å². The predicted molar refractivity (Wildman–Crippen MR) is 84.0 cm³/mol. The van der Waals surface area contributed by atoms with E-state index in [-0.39, 0.29) is 11.2 Å². The minimum Gasteiger partial charge on any atom is -0.302 e. The van der Waals surface area contributed by atoms with Crippen molar-refractivity contribution >= 4 is 5.78 Å². The molecule has 0 amide bonds. The van der Waals surface area contributed by atoms with Gasteiger partial charge < -0.3 is 4.90 Å². The molecule has 1 aliphatic rings. The van der Waals surface area contributed by atoms with E-state index < -0.39 is 0 Å². The van der Waals surface area contributed by atoms with Gasteiger partial charge in [-0.1, -0.05) is 49.8 Å². The molecule has 0 bridgehead atoms. The Balaban J connectivity index is 2.15. The number of likely N-dealkylation sites (tertiary alicyclic amines) is 1. The maximum Gasteiger partial charge on any atom is 0.170 e. The van der Waals surface area contributed by atoms with Crippen LogP contribution in [0.15, 0.2) is 43.0 Å². The number of rotatable bonds is 6. The molecule has 1 fully saturated rings. The third-order valence-electron chi connectivity index (χ3n) is 4.20. The number of carbonyl (C=O) groups excluding carboxylic acids is 1. The zero-order valence-corrected chi connectivity index (χ0v) is 12.5. The van der Waals surface area contributed by atoms with Crippen LogP contribution in [-0.2, 0) is 0 Å². The summed E-state index contributed by atoms with van der Waals surface area (Å²) < 4.78 is 0. The van der Waals surface area contributed by atoms with Gasteiger partial charge in [-0.05, 0) is 32.4 Å². The Bertz CT molecular complexity index is 448. The molecular weight excluding hydrogens is 246 g/mol. The topological polar surface area (TPSA) is 20.3 Å². The Kier molecular flexibility index (Phi) is 5.13. The second-order valence-electron chi connectivity index (χ2n) is 6.09. The van der Waals surface area contributed by atoms with Crippen molar-refractivity contribution in [2.45, 2.75) is 32.6 Å². The minimum absolute atomic E-state index is 0.239. The lowest BCUT2D eigenvalue weighted by Crippen LogP contribution is -2.43. The van der Waals surface area contributed by atoms with E-state index in [0.29, 0.717) is 0 Å². The average Bonchev–Trinajstić information content (AvgIpc) is 2.48. The Hall–Kier alpha value is -1.41. The molecule has 108 valence electrons. The van der Waals surface area contributed by atoms with Gasteiger partial charge in [-0.15, -0.1) is 6.58 Å². The first-order valence-corrected chi connectivity index (χ1v) is 7.59. The fourth-order valence-corrected chi connectivity index (χ4v) is 3.10. The third kappa shape index (κ3) is 3.57. The number of hydrogen-bond donors (Lipinski definition) is 0. The molecule has 0 aliphatic carbocycles. The fraction of sp³-hybridized carbons (Fsp3) is 0.500. The molecule has 2 rings (SSSR count). The van der Waals surface area contributed by atoms with Gasteiger partial charge in [0.15, 0.2) is 5.78 Å². The molecule has 2 nitrogen and oxygen atoms in total. The van der Waals surface area contributed by atoms with E-state index in [1.807, 2.05) is 36.4 Å². The van der Waals surface area contributed by atoms with Crippen molar-refractivity contribution in [2.75, 3.05) is 19.6 Å². The molecule has 0 N–H and O–H groups in total. The molecule has 1 aliphatic heterocycles. The van der Waals surface area contributed by atoms with Gasteiger partial charge in [0.25, 0.3) is 0 Å². The van der Waals surface area contributed by atoms with Crippen LogP contribution in [0.4, 0.5) is 0 Å². The second-order valence-corrected chi connectivity index (χ2v) is 6.09. The van der Waals surface area contributed by atoms with Crippen molar-refractivity contribution in [1.82, 2.24) is 4.90 Å². The van der Waals surface area contributed by atoms with E-state index >= 15 is 0 Å². The van der Waals surface area contributed by atoms with Gasteiger partial charge in [0.2, 0.25) is 0 Å². The minimum atomic E-state index is -0.361. The summed E-state index contributed by atoms with van der Waals surface area (Å²) in [6.07, 6.45) is 6.44. The predicted octanol–water partition coefficient (Wildman–Crippen LogP) is 3.94. The molecule has 1 saturated heterocycles. The number of Topliss-reactive ketones (excluding diaryl/α,β-unsaturated/α-hetero) is 1. The van der Waals surface area contributed by atoms with E-state index in [1.165, 1.54) is 19.3 Å². The number of carbonyl (C=O) groups is 1. The maximum absolute atomic E-state index is 12.9. The zero-order chi connectivity index (χ0) is 14.4. The summed E-state index contributed by atoms with van der Waals surface area (Å²) in [6, 6.07) is 9.65. The number of hydrogen-bond acceptors (Lipinski definition) is 2. The van der Waals surface area contributed by atoms with Crippen LogP contribution in [0.2, 0.25) is 0 Å².